The molecule has 0 amide bonds. The maximum absolute atomic E-state index is 10.3. The summed E-state index contributed by atoms with van der Waals surface area (Å²) in [4.78, 5) is 0. The van der Waals surface area contributed by atoms with Gasteiger partial charge in [0, 0.05) is 18.0 Å². The highest BCUT2D eigenvalue weighted by Crippen LogP contribution is 2.25. The Bertz CT molecular complexity index is 1050. The van der Waals surface area contributed by atoms with Crippen molar-refractivity contribution >= 4 is 10.8 Å². The third-order valence-electron chi connectivity index (χ3n) is 4.85. The Hall–Kier alpha value is -3.29. The molecule has 0 radical (unpaired) electrons. The van der Waals surface area contributed by atoms with Crippen molar-refractivity contribution in [3.63, 3.8) is 0 Å². The number of aliphatic hydroxyl groups excluding tert-OH is 1. The van der Waals surface area contributed by atoms with E-state index in [9.17, 15) is 5.11 Å². The second-order valence-corrected chi connectivity index (χ2v) is 6.92. The largest absolute Gasteiger partial charge is 0.490 e. The number of rotatable bonds is 8. The Morgan fingerprint density at radius 2 is 1.83 bits per heavy atom. The first-order chi connectivity index (χ1) is 14.2. The van der Waals surface area contributed by atoms with E-state index in [0.29, 0.717) is 6.54 Å². The molecule has 0 saturated heterocycles. The first-order valence-electron chi connectivity index (χ1n) is 9.56. The van der Waals surface area contributed by atoms with Crippen molar-refractivity contribution in [3.8, 4) is 11.4 Å². The van der Waals surface area contributed by atoms with Crippen LogP contribution < -0.4 is 10.1 Å². The minimum atomic E-state index is -0.614. The zero-order valence-electron chi connectivity index (χ0n) is 16.1. The van der Waals surface area contributed by atoms with Gasteiger partial charge in [-0.2, -0.15) is 0 Å². The maximum atomic E-state index is 10.3. The van der Waals surface area contributed by atoms with Crippen LogP contribution in [-0.2, 0) is 0 Å². The van der Waals surface area contributed by atoms with Crippen LogP contribution in [0.15, 0.2) is 73.1 Å². The zero-order valence-corrected chi connectivity index (χ0v) is 16.1. The quantitative estimate of drug-likeness (QED) is 0.482. The molecule has 0 aliphatic rings. The molecule has 7 nitrogen and oxygen atoms in total. The highest BCUT2D eigenvalue weighted by Gasteiger charge is 2.11. The summed E-state index contributed by atoms with van der Waals surface area (Å²) in [6, 6.07) is 22.1. The van der Waals surface area contributed by atoms with Gasteiger partial charge in [-0.3, -0.25) is 0 Å². The molecular formula is C22H23N5O2. The molecule has 2 atom stereocenters. The average Bonchev–Trinajstić information content (AvgIpc) is 3.31. The van der Waals surface area contributed by atoms with Gasteiger partial charge >= 0.3 is 0 Å². The van der Waals surface area contributed by atoms with Crippen LogP contribution >= 0.6 is 0 Å². The van der Waals surface area contributed by atoms with E-state index in [4.69, 9.17) is 4.74 Å². The highest BCUT2D eigenvalue weighted by atomic mass is 16.5. The lowest BCUT2D eigenvalue weighted by Gasteiger charge is -2.18. The number of nitrogens with zero attached hydrogens (tertiary/aromatic N) is 4. The van der Waals surface area contributed by atoms with Gasteiger partial charge in [0.1, 0.15) is 24.8 Å². The number of aromatic nitrogens is 4. The highest BCUT2D eigenvalue weighted by molar-refractivity contribution is 5.88. The van der Waals surface area contributed by atoms with Crippen LogP contribution in [0.2, 0.25) is 0 Å². The number of tetrazole rings is 1. The fourth-order valence-corrected chi connectivity index (χ4v) is 3.19. The molecule has 0 fully saturated rings. The van der Waals surface area contributed by atoms with E-state index < -0.39 is 6.10 Å². The number of hydrogen-bond acceptors (Lipinski definition) is 6. The van der Waals surface area contributed by atoms with E-state index >= 15 is 0 Å². The first kappa shape index (κ1) is 19.0. The molecule has 0 aliphatic heterocycles. The third-order valence-corrected chi connectivity index (χ3v) is 4.85. The Labute approximate surface area is 168 Å². The molecule has 7 heteroatoms. The summed E-state index contributed by atoms with van der Waals surface area (Å²) >= 11 is 0. The number of nitrogens with one attached hydrogen (secondary N) is 1. The molecule has 2 unspecified atom stereocenters. The molecule has 0 saturated carbocycles. The van der Waals surface area contributed by atoms with E-state index in [1.54, 1.807) is 11.0 Å². The Morgan fingerprint density at radius 1 is 1.03 bits per heavy atom. The second kappa shape index (κ2) is 8.81. The van der Waals surface area contributed by atoms with Gasteiger partial charge in [-0.25, -0.2) is 4.68 Å². The number of benzene rings is 3. The van der Waals surface area contributed by atoms with Crippen molar-refractivity contribution in [2.24, 2.45) is 0 Å². The molecule has 29 heavy (non-hydrogen) atoms. The first-order valence-corrected chi connectivity index (χ1v) is 9.56. The van der Waals surface area contributed by atoms with Crippen LogP contribution in [0.1, 0.15) is 18.5 Å². The van der Waals surface area contributed by atoms with Crippen LogP contribution in [0.3, 0.4) is 0 Å². The van der Waals surface area contributed by atoms with Crippen molar-refractivity contribution in [2.45, 2.75) is 19.1 Å². The summed E-state index contributed by atoms with van der Waals surface area (Å²) in [5, 5.41) is 27.0. The smallest absolute Gasteiger partial charge is 0.143 e. The monoisotopic (exact) mass is 389 g/mol. The molecule has 1 aromatic heterocycles. The zero-order chi connectivity index (χ0) is 20.1. The van der Waals surface area contributed by atoms with Gasteiger partial charge in [0.15, 0.2) is 0 Å². The summed E-state index contributed by atoms with van der Waals surface area (Å²) in [5.41, 5.74) is 2.01. The molecule has 3 aromatic carbocycles. The molecule has 0 aliphatic carbocycles. The lowest BCUT2D eigenvalue weighted by atomic mass is 10.1. The Morgan fingerprint density at radius 3 is 2.62 bits per heavy atom. The molecule has 0 spiro atoms. The molecule has 1 heterocycles. The summed E-state index contributed by atoms with van der Waals surface area (Å²) in [5.74, 6) is 0.786. The lowest BCUT2D eigenvalue weighted by Crippen LogP contribution is -2.33. The summed E-state index contributed by atoms with van der Waals surface area (Å²) < 4.78 is 7.47. The van der Waals surface area contributed by atoms with Crippen LogP contribution in [0.4, 0.5) is 0 Å². The lowest BCUT2D eigenvalue weighted by molar-refractivity contribution is 0.105. The minimum Gasteiger partial charge on any atom is -0.490 e. The molecular weight excluding hydrogens is 366 g/mol. The minimum absolute atomic E-state index is 0.0881. The molecule has 2 N–H and O–H groups in total. The van der Waals surface area contributed by atoms with Gasteiger partial charge in [0.05, 0.1) is 5.69 Å². The van der Waals surface area contributed by atoms with Gasteiger partial charge in [-0.15, -0.1) is 5.10 Å². The predicted octanol–water partition coefficient (Wildman–Crippen LogP) is 2.91. The molecule has 148 valence electrons. The second-order valence-electron chi connectivity index (χ2n) is 6.92. The van der Waals surface area contributed by atoms with Gasteiger partial charge in [-0.05, 0) is 46.5 Å². The van der Waals surface area contributed by atoms with E-state index in [1.807, 2.05) is 66.7 Å². The SMILES string of the molecule is CC(NCC(O)COc1cccc2ccccc12)c1ccc(-n2cnnn2)cc1. The summed E-state index contributed by atoms with van der Waals surface area (Å²) in [7, 11) is 0. The van der Waals surface area contributed by atoms with Crippen LogP contribution in [-0.4, -0.2) is 44.6 Å². The average molecular weight is 389 g/mol. The molecule has 4 rings (SSSR count). The summed E-state index contributed by atoms with van der Waals surface area (Å²) in [6.07, 6.45) is 0.945. The number of fused-ring (bicyclic) bond motifs is 1. The van der Waals surface area contributed by atoms with Gasteiger partial charge < -0.3 is 15.2 Å². The van der Waals surface area contributed by atoms with Crippen molar-refractivity contribution in [2.75, 3.05) is 13.2 Å². The fourth-order valence-electron chi connectivity index (χ4n) is 3.19. The van der Waals surface area contributed by atoms with Crippen molar-refractivity contribution in [3.05, 3.63) is 78.6 Å². The van der Waals surface area contributed by atoms with Crippen molar-refractivity contribution in [1.29, 1.82) is 0 Å². The number of aliphatic hydroxyl groups is 1. The van der Waals surface area contributed by atoms with E-state index in [1.165, 1.54) is 0 Å². The number of hydrogen-bond donors (Lipinski definition) is 2. The van der Waals surface area contributed by atoms with Gasteiger partial charge in [0.2, 0.25) is 0 Å². The van der Waals surface area contributed by atoms with E-state index in [2.05, 4.69) is 27.8 Å². The van der Waals surface area contributed by atoms with Crippen molar-refractivity contribution < 1.29 is 9.84 Å². The van der Waals surface area contributed by atoms with Crippen LogP contribution in [0.25, 0.3) is 16.5 Å². The Balaban J connectivity index is 1.29. The standard InChI is InChI=1S/C22H23N5O2/c1-16(17-9-11-19(12-10-17)27-15-24-25-26-27)23-13-20(28)14-29-22-8-4-6-18-5-2-3-7-21(18)22/h2-12,15-16,20,23,28H,13-14H2,1H3. The summed E-state index contributed by atoms with van der Waals surface area (Å²) in [6.45, 7) is 2.72. The molecule has 4 aromatic rings. The van der Waals surface area contributed by atoms with Gasteiger partial charge in [-0.1, -0.05) is 48.5 Å². The van der Waals surface area contributed by atoms with Gasteiger partial charge in [0.25, 0.3) is 0 Å². The normalized spacial score (nSPS) is 13.3. The number of ether oxygens (including phenoxy) is 1. The topological polar surface area (TPSA) is 85.1 Å². The van der Waals surface area contributed by atoms with E-state index in [-0.39, 0.29) is 12.6 Å². The Kier molecular flexibility index (Phi) is 5.79. The maximum Gasteiger partial charge on any atom is 0.143 e. The third kappa shape index (κ3) is 4.59. The van der Waals surface area contributed by atoms with Crippen LogP contribution in [0, 0.1) is 0 Å². The van der Waals surface area contributed by atoms with Crippen LogP contribution in [0.5, 0.6) is 5.75 Å². The fraction of sp³-hybridized carbons (Fsp3) is 0.227. The van der Waals surface area contributed by atoms with E-state index in [0.717, 1.165) is 27.8 Å². The predicted molar refractivity (Wildman–Crippen MR) is 111 cm³/mol. The molecule has 0 bridgehead atoms. The van der Waals surface area contributed by atoms with Crippen molar-refractivity contribution in [1.82, 2.24) is 25.5 Å².